The summed E-state index contributed by atoms with van der Waals surface area (Å²) in [6, 6.07) is 4.49. The number of rotatable bonds is 3. The molecule has 1 aromatic heterocycles. The van der Waals surface area contributed by atoms with Crippen molar-refractivity contribution in [3.05, 3.63) is 30.1 Å². The van der Waals surface area contributed by atoms with Crippen LogP contribution in [-0.2, 0) is 4.79 Å². The van der Waals surface area contributed by atoms with Crippen molar-refractivity contribution >= 4 is 11.9 Å². The van der Waals surface area contributed by atoms with Crippen molar-refractivity contribution in [2.24, 2.45) is 5.92 Å². The zero-order valence-electron chi connectivity index (χ0n) is 14.7. The van der Waals surface area contributed by atoms with E-state index in [1.807, 2.05) is 22.2 Å². The predicted molar refractivity (Wildman–Crippen MR) is 94.0 cm³/mol. The third-order valence-electron chi connectivity index (χ3n) is 5.91. The fourth-order valence-corrected chi connectivity index (χ4v) is 4.20. The molecular formula is C19H26N4O2. The molecule has 1 aromatic rings. The lowest BCUT2D eigenvalue weighted by Gasteiger charge is -2.33. The van der Waals surface area contributed by atoms with Gasteiger partial charge in [0.2, 0.25) is 5.91 Å². The second-order valence-corrected chi connectivity index (χ2v) is 7.72. The molecule has 3 fully saturated rings. The SMILES string of the molecule is C[C@@H]1C[C@H]1N1C[C@H](NC(=O)N2CCC(c3ccncc3)CC2)CC1=O. The van der Waals surface area contributed by atoms with Gasteiger partial charge in [-0.1, -0.05) is 6.92 Å². The molecule has 1 N–H and O–H groups in total. The minimum Gasteiger partial charge on any atom is -0.337 e. The summed E-state index contributed by atoms with van der Waals surface area (Å²) < 4.78 is 0. The monoisotopic (exact) mass is 342 g/mol. The first-order chi connectivity index (χ1) is 12.1. The molecule has 0 aromatic carbocycles. The molecule has 25 heavy (non-hydrogen) atoms. The van der Waals surface area contributed by atoms with Crippen molar-refractivity contribution in [2.75, 3.05) is 19.6 Å². The van der Waals surface area contributed by atoms with E-state index in [-0.39, 0.29) is 18.0 Å². The van der Waals surface area contributed by atoms with E-state index < -0.39 is 0 Å². The Balaban J connectivity index is 1.26. The lowest BCUT2D eigenvalue weighted by Crippen LogP contribution is -2.48. The molecule has 0 spiro atoms. The maximum absolute atomic E-state index is 12.5. The Bertz CT molecular complexity index is 642. The topological polar surface area (TPSA) is 65.5 Å². The first kappa shape index (κ1) is 16.4. The summed E-state index contributed by atoms with van der Waals surface area (Å²) >= 11 is 0. The highest BCUT2D eigenvalue weighted by Crippen LogP contribution is 2.37. The van der Waals surface area contributed by atoms with Gasteiger partial charge in [0.25, 0.3) is 0 Å². The van der Waals surface area contributed by atoms with Crippen LogP contribution in [0.5, 0.6) is 0 Å². The van der Waals surface area contributed by atoms with Crippen LogP contribution in [-0.4, -0.2) is 58.4 Å². The lowest BCUT2D eigenvalue weighted by molar-refractivity contribution is -0.128. The van der Waals surface area contributed by atoms with E-state index in [4.69, 9.17) is 0 Å². The summed E-state index contributed by atoms with van der Waals surface area (Å²) in [5, 5.41) is 3.08. The number of pyridine rings is 1. The summed E-state index contributed by atoms with van der Waals surface area (Å²) in [4.78, 5) is 32.6. The largest absolute Gasteiger partial charge is 0.337 e. The van der Waals surface area contributed by atoms with Gasteiger partial charge in [-0.3, -0.25) is 9.78 Å². The molecule has 134 valence electrons. The number of nitrogens with one attached hydrogen (secondary N) is 1. The minimum absolute atomic E-state index is 0.0170. The van der Waals surface area contributed by atoms with Crippen molar-refractivity contribution < 1.29 is 9.59 Å². The van der Waals surface area contributed by atoms with Gasteiger partial charge in [0.15, 0.2) is 0 Å². The summed E-state index contributed by atoms with van der Waals surface area (Å²) in [5.41, 5.74) is 1.31. The number of carbonyl (C=O) groups is 2. The van der Waals surface area contributed by atoms with Gasteiger partial charge in [0.05, 0.1) is 6.04 Å². The first-order valence-corrected chi connectivity index (χ1v) is 9.36. The van der Waals surface area contributed by atoms with Gasteiger partial charge in [-0.05, 0) is 48.8 Å². The van der Waals surface area contributed by atoms with Gasteiger partial charge in [0, 0.05) is 44.5 Å². The number of likely N-dealkylation sites (tertiary alicyclic amines) is 2. The Morgan fingerprint density at radius 3 is 2.56 bits per heavy atom. The summed E-state index contributed by atoms with van der Waals surface area (Å²) in [6.07, 6.45) is 7.17. The third-order valence-corrected chi connectivity index (χ3v) is 5.91. The summed E-state index contributed by atoms with van der Waals surface area (Å²) in [5.74, 6) is 1.31. The molecule has 0 unspecified atom stereocenters. The molecule has 6 nitrogen and oxygen atoms in total. The number of piperidine rings is 1. The van der Waals surface area contributed by atoms with Crippen molar-refractivity contribution in [3.63, 3.8) is 0 Å². The average Bonchev–Trinajstić information content (AvgIpc) is 3.25. The predicted octanol–water partition coefficient (Wildman–Crippen LogP) is 1.98. The second-order valence-electron chi connectivity index (χ2n) is 7.72. The molecule has 2 aliphatic heterocycles. The van der Waals surface area contributed by atoms with Crippen LogP contribution in [0, 0.1) is 5.92 Å². The maximum atomic E-state index is 12.5. The number of carbonyl (C=O) groups excluding carboxylic acids is 2. The summed E-state index contributed by atoms with van der Waals surface area (Å²) in [6.45, 7) is 4.38. The van der Waals surface area contributed by atoms with Crippen LogP contribution in [0.1, 0.15) is 44.1 Å². The van der Waals surface area contributed by atoms with Crippen LogP contribution in [0.3, 0.4) is 0 Å². The molecule has 3 atom stereocenters. The minimum atomic E-state index is -0.0364. The molecule has 0 radical (unpaired) electrons. The van der Waals surface area contributed by atoms with Crippen molar-refractivity contribution in [2.45, 2.75) is 50.6 Å². The van der Waals surface area contributed by atoms with Gasteiger partial charge in [-0.15, -0.1) is 0 Å². The van der Waals surface area contributed by atoms with Crippen LogP contribution in [0.25, 0.3) is 0 Å². The van der Waals surface area contributed by atoms with Crippen molar-refractivity contribution in [1.29, 1.82) is 0 Å². The van der Waals surface area contributed by atoms with E-state index in [0.717, 1.165) is 32.4 Å². The molecule has 6 heteroatoms. The number of hydrogen-bond donors (Lipinski definition) is 1. The van der Waals surface area contributed by atoms with Gasteiger partial charge < -0.3 is 15.1 Å². The molecule has 0 bridgehead atoms. The van der Waals surface area contributed by atoms with Crippen LogP contribution < -0.4 is 5.32 Å². The highest BCUT2D eigenvalue weighted by molar-refractivity contribution is 5.82. The van der Waals surface area contributed by atoms with Crippen LogP contribution >= 0.6 is 0 Å². The zero-order valence-corrected chi connectivity index (χ0v) is 14.7. The van der Waals surface area contributed by atoms with Gasteiger partial charge in [-0.25, -0.2) is 4.79 Å². The molecule has 2 saturated heterocycles. The van der Waals surface area contributed by atoms with Crippen LogP contribution in [0.4, 0.5) is 4.79 Å². The van der Waals surface area contributed by atoms with E-state index >= 15 is 0 Å². The van der Waals surface area contributed by atoms with Crippen molar-refractivity contribution in [1.82, 2.24) is 20.1 Å². The van der Waals surface area contributed by atoms with Gasteiger partial charge in [-0.2, -0.15) is 0 Å². The second kappa shape index (κ2) is 6.65. The number of amides is 3. The number of nitrogens with zero attached hydrogens (tertiary/aromatic N) is 3. The summed E-state index contributed by atoms with van der Waals surface area (Å²) in [7, 11) is 0. The van der Waals surface area contributed by atoms with Crippen LogP contribution in [0.15, 0.2) is 24.5 Å². The molecule has 4 rings (SSSR count). The van der Waals surface area contributed by atoms with E-state index in [1.54, 1.807) is 0 Å². The Morgan fingerprint density at radius 2 is 1.92 bits per heavy atom. The van der Waals surface area contributed by atoms with Gasteiger partial charge >= 0.3 is 6.03 Å². The normalized spacial score (nSPS) is 29.8. The molecular weight excluding hydrogens is 316 g/mol. The van der Waals surface area contributed by atoms with E-state index in [9.17, 15) is 9.59 Å². The first-order valence-electron chi connectivity index (χ1n) is 9.36. The quantitative estimate of drug-likeness (QED) is 0.913. The van der Waals surface area contributed by atoms with Crippen molar-refractivity contribution in [3.8, 4) is 0 Å². The average molecular weight is 342 g/mol. The molecule has 3 aliphatic rings. The number of hydrogen-bond acceptors (Lipinski definition) is 3. The highest BCUT2D eigenvalue weighted by atomic mass is 16.2. The fourth-order valence-electron chi connectivity index (χ4n) is 4.20. The molecule has 3 amide bonds. The Kier molecular flexibility index (Phi) is 4.36. The maximum Gasteiger partial charge on any atom is 0.317 e. The number of aromatic nitrogens is 1. The smallest absolute Gasteiger partial charge is 0.317 e. The van der Waals surface area contributed by atoms with Crippen LogP contribution in [0.2, 0.25) is 0 Å². The van der Waals surface area contributed by atoms with E-state index in [0.29, 0.717) is 30.8 Å². The standard InChI is InChI=1S/C19H26N4O2/c1-13-10-17(13)23-12-16(11-18(23)24)21-19(25)22-8-4-15(5-9-22)14-2-6-20-7-3-14/h2-3,6-7,13,15-17H,4-5,8-12H2,1H3,(H,21,25)/t13-,16-,17-/m1/s1. The Hall–Kier alpha value is -2.11. The zero-order chi connectivity index (χ0) is 17.4. The molecule has 1 aliphatic carbocycles. The fraction of sp³-hybridized carbons (Fsp3) is 0.632. The van der Waals surface area contributed by atoms with Gasteiger partial charge in [0.1, 0.15) is 0 Å². The molecule has 1 saturated carbocycles. The van der Waals surface area contributed by atoms with E-state index in [1.165, 1.54) is 5.56 Å². The van der Waals surface area contributed by atoms with E-state index in [2.05, 4.69) is 29.4 Å². The Labute approximate surface area is 148 Å². The number of urea groups is 1. The molecule has 3 heterocycles. The third kappa shape index (κ3) is 3.48. The Morgan fingerprint density at radius 1 is 1.24 bits per heavy atom. The highest BCUT2D eigenvalue weighted by Gasteiger charge is 2.45. The lowest BCUT2D eigenvalue weighted by atomic mass is 9.90.